The van der Waals surface area contributed by atoms with E-state index in [2.05, 4.69) is 180 Å². The third-order valence-corrected chi connectivity index (χ3v) is 10.2. The molecule has 1 nitrogen and oxygen atoms in total. The molecule has 0 fully saturated rings. The third-order valence-electron chi connectivity index (χ3n) is 9.01. The highest BCUT2D eigenvalue weighted by Gasteiger charge is 2.18. The Labute approximate surface area is 272 Å². The summed E-state index contributed by atoms with van der Waals surface area (Å²) >= 11 is 1.88. The molecule has 2 heterocycles. The lowest BCUT2D eigenvalue weighted by molar-refractivity contribution is 1.18. The van der Waals surface area contributed by atoms with E-state index in [1.54, 1.807) is 0 Å². The fourth-order valence-electron chi connectivity index (χ4n) is 6.83. The average Bonchev–Trinajstić information content (AvgIpc) is 3.68. The average molecular weight is 604 g/mol. The van der Waals surface area contributed by atoms with Crippen LogP contribution in [0.2, 0.25) is 0 Å². The van der Waals surface area contributed by atoms with Gasteiger partial charge in [-0.15, -0.1) is 11.3 Å². The first-order chi connectivity index (χ1) is 22.8. The van der Waals surface area contributed by atoms with Crippen molar-refractivity contribution in [1.29, 1.82) is 0 Å². The minimum atomic E-state index is 1.17. The highest BCUT2D eigenvalue weighted by Crippen LogP contribution is 2.46. The van der Waals surface area contributed by atoms with Crippen LogP contribution in [0.15, 0.2) is 176 Å². The first-order valence-electron chi connectivity index (χ1n) is 15.7. The minimum absolute atomic E-state index is 1.17. The number of nitrogens with zero attached hydrogens (tertiary/aromatic N) is 1. The summed E-state index contributed by atoms with van der Waals surface area (Å²) in [6.07, 6.45) is 0. The van der Waals surface area contributed by atoms with Gasteiger partial charge in [-0.1, -0.05) is 133 Å². The van der Waals surface area contributed by atoms with Gasteiger partial charge in [-0.2, -0.15) is 0 Å². The molecule has 2 heteroatoms. The van der Waals surface area contributed by atoms with E-state index in [0.717, 1.165) is 0 Å². The zero-order chi connectivity index (χ0) is 30.5. The molecule has 0 unspecified atom stereocenters. The summed E-state index contributed by atoms with van der Waals surface area (Å²) in [6.45, 7) is 0. The van der Waals surface area contributed by atoms with Gasteiger partial charge in [0.2, 0.25) is 0 Å². The molecule has 0 saturated heterocycles. The predicted octanol–water partition coefficient (Wildman–Crippen LogP) is 12.7. The van der Waals surface area contributed by atoms with Crippen LogP contribution in [0.25, 0.3) is 81.4 Å². The summed E-state index contributed by atoms with van der Waals surface area (Å²) in [5.41, 5.74) is 12.3. The molecule has 46 heavy (non-hydrogen) atoms. The van der Waals surface area contributed by atoms with Crippen molar-refractivity contribution in [3.05, 3.63) is 176 Å². The molecule has 0 spiro atoms. The van der Waals surface area contributed by atoms with Gasteiger partial charge >= 0.3 is 0 Å². The summed E-state index contributed by atoms with van der Waals surface area (Å²) in [7, 11) is 0. The number of hydrogen-bond donors (Lipinski definition) is 0. The summed E-state index contributed by atoms with van der Waals surface area (Å²) < 4.78 is 3.69. The number of para-hydroxylation sites is 1. The lowest BCUT2D eigenvalue weighted by atomic mass is 9.96. The first-order valence-corrected chi connectivity index (χ1v) is 16.5. The molecule has 0 atom stereocenters. The highest BCUT2D eigenvalue weighted by molar-refractivity contribution is 7.23. The van der Waals surface area contributed by atoms with E-state index < -0.39 is 0 Å². The number of fused-ring (bicyclic) bond motifs is 4. The SMILES string of the molecule is c1ccc(-c2ccc3c(c2)c2cc(-c4ccc5c(-c6ccccc6)c(-c6ccccc6)sc5c4)ccc2n3-c2ccccc2)cc1. The molecule has 0 amide bonds. The Kier molecular flexibility index (Phi) is 6.40. The van der Waals surface area contributed by atoms with Crippen LogP contribution in [0.3, 0.4) is 0 Å². The van der Waals surface area contributed by atoms with Crippen molar-refractivity contribution in [3.8, 4) is 49.5 Å². The molecule has 2 aromatic heterocycles. The van der Waals surface area contributed by atoms with Crippen LogP contribution in [0, 0.1) is 0 Å². The van der Waals surface area contributed by atoms with Crippen LogP contribution < -0.4 is 0 Å². The van der Waals surface area contributed by atoms with Gasteiger partial charge in [0.05, 0.1) is 11.0 Å². The zero-order valence-corrected chi connectivity index (χ0v) is 25.9. The largest absolute Gasteiger partial charge is 0.309 e. The first kappa shape index (κ1) is 26.7. The Hall–Kier alpha value is -5.70. The molecular weight excluding hydrogens is 575 g/mol. The molecule has 0 aliphatic rings. The second kappa shape index (κ2) is 11.0. The number of rotatable bonds is 5. The Morgan fingerprint density at radius 3 is 1.43 bits per heavy atom. The van der Waals surface area contributed by atoms with E-state index in [1.807, 2.05) is 11.3 Å². The molecule has 0 radical (unpaired) electrons. The number of benzene rings is 7. The Morgan fingerprint density at radius 1 is 0.348 bits per heavy atom. The van der Waals surface area contributed by atoms with E-state index in [0.29, 0.717) is 0 Å². The standard InChI is InChI=1S/C44H29NS/c1-5-13-30(14-6-1)33-22-25-40-38(27-33)39-28-34(23-26-41(39)45(40)36-19-11-4-12-20-36)35-21-24-37-42(29-35)46-44(32-17-9-3-10-18-32)43(37)31-15-7-2-8-16-31/h1-29H. The zero-order valence-electron chi connectivity index (χ0n) is 25.1. The molecule has 216 valence electrons. The molecule has 0 N–H and O–H groups in total. The quantitative estimate of drug-likeness (QED) is 0.184. The predicted molar refractivity (Wildman–Crippen MR) is 198 cm³/mol. The molecule has 7 aromatic carbocycles. The molecule has 0 aliphatic heterocycles. The fraction of sp³-hybridized carbons (Fsp3) is 0. The molecular formula is C44H29NS. The van der Waals surface area contributed by atoms with E-state index >= 15 is 0 Å². The van der Waals surface area contributed by atoms with E-state index in [4.69, 9.17) is 0 Å². The van der Waals surface area contributed by atoms with Gasteiger partial charge < -0.3 is 4.57 Å². The maximum Gasteiger partial charge on any atom is 0.0541 e. The van der Waals surface area contributed by atoms with Crippen molar-refractivity contribution >= 4 is 43.2 Å². The second-order valence-corrected chi connectivity index (χ2v) is 12.8. The fourth-order valence-corrected chi connectivity index (χ4v) is 8.10. The van der Waals surface area contributed by atoms with Crippen molar-refractivity contribution in [2.24, 2.45) is 0 Å². The van der Waals surface area contributed by atoms with Crippen molar-refractivity contribution in [1.82, 2.24) is 4.57 Å². The second-order valence-electron chi connectivity index (χ2n) is 11.8. The lowest BCUT2D eigenvalue weighted by Crippen LogP contribution is -1.93. The summed E-state index contributed by atoms with van der Waals surface area (Å²) in [4.78, 5) is 1.31. The smallest absolute Gasteiger partial charge is 0.0541 e. The Bertz CT molecular complexity index is 2490. The summed E-state index contributed by atoms with van der Waals surface area (Å²) in [5, 5.41) is 3.82. The van der Waals surface area contributed by atoms with Crippen LogP contribution in [0.4, 0.5) is 0 Å². The maximum absolute atomic E-state index is 2.39. The summed E-state index contributed by atoms with van der Waals surface area (Å²) in [6, 6.07) is 63.8. The van der Waals surface area contributed by atoms with Gasteiger partial charge in [0.15, 0.2) is 0 Å². The van der Waals surface area contributed by atoms with Crippen molar-refractivity contribution < 1.29 is 0 Å². The van der Waals surface area contributed by atoms with Crippen LogP contribution in [0.1, 0.15) is 0 Å². The van der Waals surface area contributed by atoms with Gasteiger partial charge in [-0.25, -0.2) is 0 Å². The van der Waals surface area contributed by atoms with E-state index in [-0.39, 0.29) is 0 Å². The van der Waals surface area contributed by atoms with E-state index in [1.165, 1.54) is 81.4 Å². The summed E-state index contributed by atoms with van der Waals surface area (Å²) in [5.74, 6) is 0. The number of thiophene rings is 1. The van der Waals surface area contributed by atoms with Gasteiger partial charge in [-0.05, 0) is 75.8 Å². The van der Waals surface area contributed by atoms with Gasteiger partial charge in [0.1, 0.15) is 0 Å². The monoisotopic (exact) mass is 603 g/mol. The van der Waals surface area contributed by atoms with Crippen LogP contribution in [-0.4, -0.2) is 4.57 Å². The molecule has 0 saturated carbocycles. The molecule has 0 bridgehead atoms. The lowest BCUT2D eigenvalue weighted by Gasteiger charge is -2.09. The number of hydrogen-bond acceptors (Lipinski definition) is 1. The number of aromatic nitrogens is 1. The highest BCUT2D eigenvalue weighted by atomic mass is 32.1. The minimum Gasteiger partial charge on any atom is -0.309 e. The van der Waals surface area contributed by atoms with Crippen LogP contribution >= 0.6 is 11.3 Å². The topological polar surface area (TPSA) is 4.93 Å². The van der Waals surface area contributed by atoms with Gasteiger partial charge in [-0.3, -0.25) is 0 Å². The Balaban J connectivity index is 1.25. The van der Waals surface area contributed by atoms with Crippen LogP contribution in [-0.2, 0) is 0 Å². The molecule has 9 aromatic rings. The third kappa shape index (κ3) is 4.46. The Morgan fingerprint density at radius 2 is 0.826 bits per heavy atom. The van der Waals surface area contributed by atoms with Crippen molar-refractivity contribution in [3.63, 3.8) is 0 Å². The van der Waals surface area contributed by atoms with Gasteiger partial charge in [0.25, 0.3) is 0 Å². The van der Waals surface area contributed by atoms with E-state index in [9.17, 15) is 0 Å². The molecule has 0 aliphatic carbocycles. The van der Waals surface area contributed by atoms with Crippen molar-refractivity contribution in [2.75, 3.05) is 0 Å². The van der Waals surface area contributed by atoms with Gasteiger partial charge in [0, 0.05) is 37.0 Å². The van der Waals surface area contributed by atoms with Crippen LogP contribution in [0.5, 0.6) is 0 Å². The normalized spacial score (nSPS) is 11.5. The molecule has 9 rings (SSSR count). The van der Waals surface area contributed by atoms with Crippen molar-refractivity contribution in [2.45, 2.75) is 0 Å². The maximum atomic E-state index is 2.39.